The predicted molar refractivity (Wildman–Crippen MR) is 103 cm³/mol. The van der Waals surface area contributed by atoms with Crippen LogP contribution < -0.4 is 15.8 Å². The van der Waals surface area contributed by atoms with Gasteiger partial charge in [0.15, 0.2) is 5.11 Å². The third-order valence-electron chi connectivity index (χ3n) is 3.61. The summed E-state index contributed by atoms with van der Waals surface area (Å²) in [5, 5.41) is 11.8. The maximum atomic E-state index is 11.3. The van der Waals surface area contributed by atoms with Crippen molar-refractivity contribution in [1.29, 1.82) is 0 Å². The van der Waals surface area contributed by atoms with Crippen molar-refractivity contribution >= 4 is 38.7 Å². The first-order valence-corrected chi connectivity index (χ1v) is 9.44. The van der Waals surface area contributed by atoms with Gasteiger partial charge in [0.05, 0.1) is 4.90 Å². The maximum Gasteiger partial charge on any atom is 0.238 e. The third kappa shape index (κ3) is 4.53. The number of hydrogen-bond donors (Lipinski definition) is 3. The first-order chi connectivity index (χ1) is 11.2. The molecule has 0 unspecified atom stereocenters. The van der Waals surface area contributed by atoms with E-state index in [0.717, 1.165) is 11.3 Å². The van der Waals surface area contributed by atoms with Crippen LogP contribution >= 0.6 is 12.2 Å². The van der Waals surface area contributed by atoms with Crippen LogP contribution in [-0.2, 0) is 10.0 Å². The Bertz CT molecular complexity index is 845. The number of aryl methyl sites for hydroxylation is 1. The molecule has 4 N–H and O–H groups in total. The zero-order valence-electron chi connectivity index (χ0n) is 13.8. The van der Waals surface area contributed by atoms with E-state index in [2.05, 4.69) is 30.5 Å². The molecule has 0 aliphatic heterocycles. The van der Waals surface area contributed by atoms with Crippen molar-refractivity contribution in [3.05, 3.63) is 53.6 Å². The summed E-state index contributed by atoms with van der Waals surface area (Å²) in [5.41, 5.74) is 3.96. The van der Waals surface area contributed by atoms with Crippen molar-refractivity contribution in [2.75, 3.05) is 10.6 Å². The zero-order chi connectivity index (χ0) is 17.9. The molecule has 0 aliphatic carbocycles. The highest BCUT2D eigenvalue weighted by atomic mass is 32.2. The van der Waals surface area contributed by atoms with Gasteiger partial charge in [-0.2, -0.15) is 0 Å². The van der Waals surface area contributed by atoms with Crippen molar-refractivity contribution < 1.29 is 8.42 Å². The second-order valence-electron chi connectivity index (χ2n) is 5.84. The fourth-order valence-corrected chi connectivity index (χ4v) is 3.08. The van der Waals surface area contributed by atoms with E-state index in [-0.39, 0.29) is 4.90 Å². The number of thiocarbonyl (C=S) groups is 1. The molecule has 7 heteroatoms. The van der Waals surface area contributed by atoms with Gasteiger partial charge in [0, 0.05) is 11.4 Å². The van der Waals surface area contributed by atoms with E-state index in [1.54, 1.807) is 12.1 Å². The minimum Gasteiger partial charge on any atom is -0.332 e. The molecule has 0 saturated carbocycles. The van der Waals surface area contributed by atoms with E-state index in [1.165, 1.54) is 17.7 Å². The van der Waals surface area contributed by atoms with Crippen LogP contribution in [0.25, 0.3) is 0 Å². The molecule has 0 amide bonds. The average Bonchev–Trinajstić information content (AvgIpc) is 2.48. The number of sulfonamides is 1. The molecule has 2 aromatic rings. The Morgan fingerprint density at radius 1 is 1.08 bits per heavy atom. The minimum absolute atomic E-state index is 0.0629. The fraction of sp³-hybridized carbons (Fsp3) is 0.235. The topological polar surface area (TPSA) is 84.2 Å². The van der Waals surface area contributed by atoms with Gasteiger partial charge in [-0.15, -0.1) is 0 Å². The molecule has 2 rings (SSSR count). The van der Waals surface area contributed by atoms with E-state index in [1.807, 2.05) is 19.1 Å². The van der Waals surface area contributed by atoms with Gasteiger partial charge in [0.25, 0.3) is 0 Å². The Morgan fingerprint density at radius 3 is 2.25 bits per heavy atom. The fourth-order valence-electron chi connectivity index (χ4n) is 2.35. The molecular weight excluding hydrogens is 342 g/mol. The lowest BCUT2D eigenvalue weighted by molar-refractivity contribution is 0.598. The standard InChI is InChI=1S/C17H21N3O2S2/c1-11(2)15-6-4-5-12(3)16(15)20-17(23)19-13-7-9-14(10-8-13)24(18,21)22/h4-11H,1-3H3,(H2,18,21,22)(H2,19,20,23). The normalized spacial score (nSPS) is 11.4. The molecule has 0 heterocycles. The number of hydrogen-bond acceptors (Lipinski definition) is 3. The second kappa shape index (κ2) is 7.29. The number of benzene rings is 2. The largest absolute Gasteiger partial charge is 0.332 e. The summed E-state index contributed by atoms with van der Waals surface area (Å²) >= 11 is 5.36. The molecule has 0 saturated heterocycles. The molecule has 24 heavy (non-hydrogen) atoms. The Balaban J connectivity index is 2.15. The highest BCUT2D eigenvalue weighted by Crippen LogP contribution is 2.27. The Kier molecular flexibility index (Phi) is 5.58. The van der Waals surface area contributed by atoms with Crippen molar-refractivity contribution in [3.8, 4) is 0 Å². The van der Waals surface area contributed by atoms with Gasteiger partial charge in [0.2, 0.25) is 10.0 Å². The zero-order valence-corrected chi connectivity index (χ0v) is 15.5. The molecule has 5 nitrogen and oxygen atoms in total. The van der Waals surface area contributed by atoms with Crippen LogP contribution in [0, 0.1) is 6.92 Å². The maximum absolute atomic E-state index is 11.3. The van der Waals surface area contributed by atoms with Gasteiger partial charge >= 0.3 is 0 Å². The highest BCUT2D eigenvalue weighted by molar-refractivity contribution is 7.89. The molecule has 0 fully saturated rings. The lowest BCUT2D eigenvalue weighted by atomic mass is 9.98. The van der Waals surface area contributed by atoms with Crippen LogP contribution in [0.15, 0.2) is 47.4 Å². The van der Waals surface area contributed by atoms with Crippen LogP contribution in [0.3, 0.4) is 0 Å². The summed E-state index contributed by atoms with van der Waals surface area (Å²) in [6, 6.07) is 12.2. The molecule has 0 aromatic heterocycles. The van der Waals surface area contributed by atoms with Crippen molar-refractivity contribution in [2.45, 2.75) is 31.6 Å². The number of primary sulfonamides is 1. The van der Waals surface area contributed by atoms with E-state index in [9.17, 15) is 8.42 Å². The Morgan fingerprint density at radius 2 is 1.71 bits per heavy atom. The van der Waals surface area contributed by atoms with Gasteiger partial charge < -0.3 is 10.6 Å². The summed E-state index contributed by atoms with van der Waals surface area (Å²) < 4.78 is 22.5. The summed E-state index contributed by atoms with van der Waals surface area (Å²) in [7, 11) is -3.69. The number of rotatable bonds is 4. The molecule has 0 bridgehead atoms. The van der Waals surface area contributed by atoms with Gasteiger partial charge in [-0.1, -0.05) is 32.0 Å². The SMILES string of the molecule is Cc1cccc(C(C)C)c1NC(=S)Nc1ccc(S(N)(=O)=O)cc1. The third-order valence-corrected chi connectivity index (χ3v) is 4.74. The van der Waals surface area contributed by atoms with Crippen LogP contribution in [0.2, 0.25) is 0 Å². The number of nitrogens with one attached hydrogen (secondary N) is 2. The van der Waals surface area contributed by atoms with Crippen LogP contribution in [-0.4, -0.2) is 13.5 Å². The first-order valence-electron chi connectivity index (χ1n) is 7.49. The minimum atomic E-state index is -3.69. The summed E-state index contributed by atoms with van der Waals surface area (Å²) in [4.78, 5) is 0.0629. The van der Waals surface area contributed by atoms with Crippen molar-refractivity contribution in [3.63, 3.8) is 0 Å². The van der Waals surface area contributed by atoms with Crippen molar-refractivity contribution in [2.24, 2.45) is 5.14 Å². The van der Waals surface area contributed by atoms with E-state index in [4.69, 9.17) is 17.4 Å². The second-order valence-corrected chi connectivity index (χ2v) is 7.81. The lowest BCUT2D eigenvalue weighted by Crippen LogP contribution is -2.21. The van der Waals surface area contributed by atoms with Gasteiger partial charge in [-0.05, 0) is 60.5 Å². The van der Waals surface area contributed by atoms with E-state index < -0.39 is 10.0 Å². The molecule has 128 valence electrons. The molecular formula is C17H21N3O2S2. The van der Waals surface area contributed by atoms with Crippen LogP contribution in [0.5, 0.6) is 0 Å². The molecule has 0 atom stereocenters. The molecule has 0 aliphatic rings. The van der Waals surface area contributed by atoms with Crippen LogP contribution in [0.1, 0.15) is 30.9 Å². The monoisotopic (exact) mass is 363 g/mol. The quantitative estimate of drug-likeness (QED) is 0.723. The smallest absolute Gasteiger partial charge is 0.238 e. The van der Waals surface area contributed by atoms with Crippen molar-refractivity contribution in [1.82, 2.24) is 0 Å². The number of para-hydroxylation sites is 1. The number of anilines is 2. The van der Waals surface area contributed by atoms with E-state index in [0.29, 0.717) is 16.7 Å². The predicted octanol–water partition coefficient (Wildman–Crippen LogP) is 3.57. The molecule has 0 radical (unpaired) electrons. The number of nitrogens with two attached hydrogens (primary N) is 1. The molecule has 0 spiro atoms. The summed E-state index contributed by atoms with van der Waals surface area (Å²) in [6.07, 6.45) is 0. The molecule has 2 aromatic carbocycles. The Hall–Kier alpha value is -1.96. The Labute approximate surface area is 148 Å². The average molecular weight is 364 g/mol. The van der Waals surface area contributed by atoms with Crippen LogP contribution in [0.4, 0.5) is 11.4 Å². The first kappa shape index (κ1) is 18.4. The summed E-state index contributed by atoms with van der Waals surface area (Å²) in [6.45, 7) is 6.28. The summed E-state index contributed by atoms with van der Waals surface area (Å²) in [5.74, 6) is 0.365. The van der Waals surface area contributed by atoms with Gasteiger partial charge in [-0.3, -0.25) is 0 Å². The highest BCUT2D eigenvalue weighted by Gasteiger charge is 2.11. The lowest BCUT2D eigenvalue weighted by Gasteiger charge is -2.18. The van der Waals surface area contributed by atoms with E-state index >= 15 is 0 Å². The van der Waals surface area contributed by atoms with Gasteiger partial charge in [0.1, 0.15) is 0 Å². The van der Waals surface area contributed by atoms with Gasteiger partial charge in [-0.25, -0.2) is 13.6 Å².